The van der Waals surface area contributed by atoms with E-state index in [1.807, 2.05) is 18.3 Å². The minimum Gasteiger partial charge on any atom is -0.508 e. The number of phenolic OH excluding ortho intramolecular Hbond substituents is 1. The third-order valence-electron chi connectivity index (χ3n) is 5.05. The summed E-state index contributed by atoms with van der Waals surface area (Å²) >= 11 is 0. The quantitative estimate of drug-likeness (QED) is 0.751. The SMILES string of the molecule is Oc1cccc(C2CCN(Cc3cn(Cc4ncccc4F)nn3)CC2)c1. The van der Waals surface area contributed by atoms with Crippen LogP contribution in [-0.4, -0.2) is 43.1 Å². The first-order valence-corrected chi connectivity index (χ1v) is 9.17. The lowest BCUT2D eigenvalue weighted by molar-refractivity contribution is 0.202. The maximum Gasteiger partial charge on any atom is 0.146 e. The van der Waals surface area contributed by atoms with Crippen molar-refractivity contribution in [1.82, 2.24) is 24.9 Å². The molecule has 1 saturated heterocycles. The van der Waals surface area contributed by atoms with Crippen molar-refractivity contribution < 1.29 is 9.50 Å². The first-order chi connectivity index (χ1) is 13.2. The zero-order valence-electron chi connectivity index (χ0n) is 15.0. The monoisotopic (exact) mass is 367 g/mol. The summed E-state index contributed by atoms with van der Waals surface area (Å²) in [5.41, 5.74) is 2.45. The summed E-state index contributed by atoms with van der Waals surface area (Å²) in [5, 5.41) is 18.0. The van der Waals surface area contributed by atoms with Crippen LogP contribution in [0.3, 0.4) is 0 Å². The molecular formula is C20H22FN5O. The molecular weight excluding hydrogens is 345 g/mol. The Balaban J connectivity index is 1.32. The van der Waals surface area contributed by atoms with E-state index in [0.29, 0.717) is 17.4 Å². The number of phenols is 1. The average molecular weight is 367 g/mol. The lowest BCUT2D eigenvalue weighted by atomic mass is 9.89. The number of piperidine rings is 1. The summed E-state index contributed by atoms with van der Waals surface area (Å²) in [4.78, 5) is 6.41. The van der Waals surface area contributed by atoms with E-state index in [-0.39, 0.29) is 12.4 Å². The van der Waals surface area contributed by atoms with Gasteiger partial charge in [-0.3, -0.25) is 9.88 Å². The normalized spacial score (nSPS) is 15.9. The van der Waals surface area contributed by atoms with E-state index in [9.17, 15) is 9.50 Å². The molecule has 0 amide bonds. The van der Waals surface area contributed by atoms with Gasteiger partial charge in [0, 0.05) is 12.7 Å². The highest BCUT2D eigenvalue weighted by molar-refractivity contribution is 5.30. The molecule has 1 aliphatic heterocycles. The van der Waals surface area contributed by atoms with Crippen LogP contribution in [0.4, 0.5) is 4.39 Å². The van der Waals surface area contributed by atoms with Crippen molar-refractivity contribution in [3.63, 3.8) is 0 Å². The second-order valence-electron chi connectivity index (χ2n) is 6.98. The third kappa shape index (κ3) is 4.31. The van der Waals surface area contributed by atoms with Crippen LogP contribution in [0.5, 0.6) is 5.75 Å². The molecule has 0 radical (unpaired) electrons. The van der Waals surface area contributed by atoms with Gasteiger partial charge in [-0.25, -0.2) is 9.07 Å². The molecule has 7 heteroatoms. The van der Waals surface area contributed by atoms with E-state index in [1.165, 1.54) is 11.6 Å². The molecule has 1 aromatic carbocycles. The summed E-state index contributed by atoms with van der Waals surface area (Å²) in [6.45, 7) is 2.96. The second-order valence-corrected chi connectivity index (χ2v) is 6.98. The second kappa shape index (κ2) is 7.84. The van der Waals surface area contributed by atoms with Gasteiger partial charge in [-0.2, -0.15) is 0 Å². The molecule has 0 atom stereocenters. The molecule has 6 nitrogen and oxygen atoms in total. The summed E-state index contributed by atoms with van der Waals surface area (Å²) in [6.07, 6.45) is 5.54. The molecule has 3 aromatic rings. The number of nitrogens with zero attached hydrogens (tertiary/aromatic N) is 5. The van der Waals surface area contributed by atoms with Gasteiger partial charge >= 0.3 is 0 Å². The molecule has 1 N–H and O–H groups in total. The Labute approximate surface area is 157 Å². The lowest BCUT2D eigenvalue weighted by Gasteiger charge is -2.31. The number of pyridine rings is 1. The lowest BCUT2D eigenvalue weighted by Crippen LogP contribution is -2.32. The van der Waals surface area contributed by atoms with Crippen LogP contribution >= 0.6 is 0 Å². The van der Waals surface area contributed by atoms with E-state index in [4.69, 9.17) is 0 Å². The Morgan fingerprint density at radius 1 is 1.11 bits per heavy atom. The number of halogens is 1. The van der Waals surface area contributed by atoms with Crippen molar-refractivity contribution in [2.24, 2.45) is 0 Å². The van der Waals surface area contributed by atoms with E-state index in [2.05, 4.69) is 26.3 Å². The van der Waals surface area contributed by atoms with Crippen LogP contribution < -0.4 is 0 Å². The highest BCUT2D eigenvalue weighted by Gasteiger charge is 2.21. The number of aromatic nitrogens is 4. The molecule has 0 aliphatic carbocycles. The van der Waals surface area contributed by atoms with Gasteiger partial charge in [0.25, 0.3) is 0 Å². The van der Waals surface area contributed by atoms with E-state index in [0.717, 1.165) is 38.2 Å². The summed E-state index contributed by atoms with van der Waals surface area (Å²) in [5.74, 6) is 0.482. The number of likely N-dealkylation sites (tertiary alicyclic amines) is 1. The molecule has 2 aromatic heterocycles. The summed E-state index contributed by atoms with van der Waals surface area (Å²) in [7, 11) is 0. The van der Waals surface area contributed by atoms with Gasteiger partial charge < -0.3 is 5.11 Å². The fourth-order valence-electron chi connectivity index (χ4n) is 3.61. The first-order valence-electron chi connectivity index (χ1n) is 9.17. The number of hydrogen-bond donors (Lipinski definition) is 1. The van der Waals surface area contributed by atoms with Crippen molar-refractivity contribution in [3.05, 3.63) is 71.6 Å². The van der Waals surface area contributed by atoms with E-state index < -0.39 is 0 Å². The Morgan fingerprint density at radius 2 is 1.96 bits per heavy atom. The largest absolute Gasteiger partial charge is 0.508 e. The molecule has 1 fully saturated rings. The van der Waals surface area contributed by atoms with Gasteiger partial charge in [0.05, 0.1) is 24.1 Å². The highest BCUT2D eigenvalue weighted by Crippen LogP contribution is 2.30. The minimum absolute atomic E-state index is 0.277. The van der Waals surface area contributed by atoms with Crippen LogP contribution in [0, 0.1) is 5.82 Å². The topological polar surface area (TPSA) is 67.1 Å². The molecule has 0 bridgehead atoms. The van der Waals surface area contributed by atoms with Gasteiger partial charge in [-0.15, -0.1) is 5.10 Å². The van der Waals surface area contributed by atoms with Crippen molar-refractivity contribution in [1.29, 1.82) is 0 Å². The number of aromatic hydroxyl groups is 1. The number of benzene rings is 1. The Kier molecular flexibility index (Phi) is 5.11. The number of hydrogen-bond acceptors (Lipinski definition) is 5. The molecule has 3 heterocycles. The van der Waals surface area contributed by atoms with E-state index in [1.54, 1.807) is 23.0 Å². The van der Waals surface area contributed by atoms with Crippen LogP contribution in [0.15, 0.2) is 48.8 Å². The zero-order valence-corrected chi connectivity index (χ0v) is 15.0. The fraction of sp³-hybridized carbons (Fsp3) is 0.350. The maximum absolute atomic E-state index is 13.7. The predicted molar refractivity (Wildman–Crippen MR) is 98.7 cm³/mol. The third-order valence-corrected chi connectivity index (χ3v) is 5.05. The van der Waals surface area contributed by atoms with Crippen LogP contribution in [0.1, 0.15) is 35.7 Å². The minimum atomic E-state index is -0.330. The van der Waals surface area contributed by atoms with Crippen molar-refractivity contribution in [3.8, 4) is 5.75 Å². The van der Waals surface area contributed by atoms with Gasteiger partial charge in [-0.1, -0.05) is 17.3 Å². The van der Waals surface area contributed by atoms with Crippen molar-refractivity contribution in [2.75, 3.05) is 13.1 Å². The molecule has 27 heavy (non-hydrogen) atoms. The maximum atomic E-state index is 13.7. The predicted octanol–water partition coefficient (Wildman–Crippen LogP) is 2.95. The average Bonchev–Trinajstić information content (AvgIpc) is 3.11. The van der Waals surface area contributed by atoms with Gasteiger partial charge in [0.2, 0.25) is 0 Å². The van der Waals surface area contributed by atoms with Crippen LogP contribution in [0.2, 0.25) is 0 Å². The van der Waals surface area contributed by atoms with Crippen molar-refractivity contribution >= 4 is 0 Å². The van der Waals surface area contributed by atoms with Crippen LogP contribution in [-0.2, 0) is 13.1 Å². The van der Waals surface area contributed by atoms with Gasteiger partial charge in [0.1, 0.15) is 11.6 Å². The summed E-state index contributed by atoms with van der Waals surface area (Å²) < 4.78 is 15.3. The molecule has 1 aliphatic rings. The zero-order chi connectivity index (χ0) is 18.6. The molecule has 0 unspecified atom stereocenters. The Morgan fingerprint density at radius 3 is 2.74 bits per heavy atom. The number of rotatable bonds is 5. The molecule has 140 valence electrons. The highest BCUT2D eigenvalue weighted by atomic mass is 19.1. The van der Waals surface area contributed by atoms with E-state index >= 15 is 0 Å². The van der Waals surface area contributed by atoms with Crippen molar-refractivity contribution in [2.45, 2.75) is 31.8 Å². The molecule has 0 spiro atoms. The smallest absolute Gasteiger partial charge is 0.146 e. The Hall–Kier alpha value is -2.80. The molecule has 4 rings (SSSR count). The summed E-state index contributed by atoms with van der Waals surface area (Å²) in [6, 6.07) is 10.5. The van der Waals surface area contributed by atoms with Crippen LogP contribution in [0.25, 0.3) is 0 Å². The van der Waals surface area contributed by atoms with Gasteiger partial charge in [-0.05, 0) is 61.7 Å². The fourth-order valence-corrected chi connectivity index (χ4v) is 3.61. The Bertz CT molecular complexity index is 905. The van der Waals surface area contributed by atoms with Gasteiger partial charge in [0.15, 0.2) is 0 Å². The standard InChI is InChI=1S/C20H22FN5O/c21-19-5-2-8-22-20(19)14-26-13-17(23-24-26)12-25-9-6-15(7-10-25)16-3-1-4-18(27)11-16/h1-5,8,11,13,15,27H,6-7,9-10,12,14H2. The first kappa shape index (κ1) is 17.6. The molecule has 0 saturated carbocycles.